The predicted molar refractivity (Wildman–Crippen MR) is 75.9 cm³/mol. The Morgan fingerprint density at radius 2 is 1.28 bits per heavy atom. The molecule has 0 amide bonds. The second kappa shape index (κ2) is 5.36. The van der Waals surface area contributed by atoms with Gasteiger partial charge in [0, 0.05) is 12.5 Å². The maximum Gasteiger partial charge on any atom is 0.00326 e. The van der Waals surface area contributed by atoms with Crippen molar-refractivity contribution in [3.8, 4) is 0 Å². The zero-order valence-corrected chi connectivity index (χ0v) is 10.5. The van der Waals surface area contributed by atoms with Crippen LogP contribution < -0.4 is 5.32 Å². The third kappa shape index (κ3) is 2.32. The molecule has 1 heteroatoms. The number of hydrogen-bond acceptors (Lipinski definition) is 1. The first-order valence-corrected chi connectivity index (χ1v) is 6.76. The first-order valence-electron chi connectivity index (χ1n) is 6.76. The Morgan fingerprint density at radius 1 is 0.722 bits per heavy atom. The zero-order chi connectivity index (χ0) is 12.2. The highest BCUT2D eigenvalue weighted by Gasteiger charge is 2.27. The third-order valence-corrected chi connectivity index (χ3v) is 3.94. The second-order valence-electron chi connectivity index (χ2n) is 5.03. The lowest BCUT2D eigenvalue weighted by Gasteiger charge is -2.33. The molecule has 1 fully saturated rings. The largest absolute Gasteiger partial charge is 0.316 e. The number of hydrogen-bond donors (Lipinski definition) is 1. The molecule has 1 N–H and O–H groups in total. The standard InChI is InChI=1S/C17H19N/c1-3-7-14(8-4-1)16-11-12-18-13-17(16)15-9-5-2-6-10-15/h1-10,16-18H,11-13H2/t16-,17+/m0/s1. The quantitative estimate of drug-likeness (QED) is 0.842. The maximum absolute atomic E-state index is 3.53. The summed E-state index contributed by atoms with van der Waals surface area (Å²) in [6, 6.07) is 21.8. The zero-order valence-electron chi connectivity index (χ0n) is 10.5. The van der Waals surface area contributed by atoms with Crippen LogP contribution in [0.4, 0.5) is 0 Å². The van der Waals surface area contributed by atoms with Crippen LogP contribution >= 0.6 is 0 Å². The summed E-state index contributed by atoms with van der Waals surface area (Å²) in [6.07, 6.45) is 1.23. The lowest BCUT2D eigenvalue weighted by atomic mass is 9.77. The SMILES string of the molecule is c1ccc([C@H]2CNCC[C@H]2c2ccccc2)cc1. The van der Waals surface area contributed by atoms with Crippen molar-refractivity contribution in [1.29, 1.82) is 0 Å². The van der Waals surface area contributed by atoms with Crippen LogP contribution in [0, 0.1) is 0 Å². The van der Waals surface area contributed by atoms with E-state index >= 15 is 0 Å². The van der Waals surface area contributed by atoms with Crippen molar-refractivity contribution in [2.45, 2.75) is 18.3 Å². The van der Waals surface area contributed by atoms with Crippen LogP contribution in [0.2, 0.25) is 0 Å². The predicted octanol–water partition coefficient (Wildman–Crippen LogP) is 3.55. The molecule has 1 saturated heterocycles. The van der Waals surface area contributed by atoms with Crippen LogP contribution in [0.25, 0.3) is 0 Å². The summed E-state index contributed by atoms with van der Waals surface area (Å²) in [6.45, 7) is 2.21. The number of piperidine rings is 1. The van der Waals surface area contributed by atoms with Gasteiger partial charge >= 0.3 is 0 Å². The van der Waals surface area contributed by atoms with E-state index in [1.807, 2.05) is 0 Å². The van der Waals surface area contributed by atoms with E-state index in [-0.39, 0.29) is 0 Å². The van der Waals surface area contributed by atoms with Gasteiger partial charge in [0.2, 0.25) is 0 Å². The number of rotatable bonds is 2. The summed E-state index contributed by atoms with van der Waals surface area (Å²) >= 11 is 0. The van der Waals surface area contributed by atoms with Crippen LogP contribution in [-0.2, 0) is 0 Å². The molecule has 1 aliphatic rings. The molecule has 0 bridgehead atoms. The van der Waals surface area contributed by atoms with Crippen molar-refractivity contribution in [3.05, 3.63) is 71.8 Å². The molecule has 2 aromatic rings. The smallest absolute Gasteiger partial charge is 0.00326 e. The van der Waals surface area contributed by atoms with Gasteiger partial charge in [0.1, 0.15) is 0 Å². The van der Waals surface area contributed by atoms with E-state index in [1.54, 1.807) is 0 Å². The van der Waals surface area contributed by atoms with Gasteiger partial charge in [-0.3, -0.25) is 0 Å². The van der Waals surface area contributed by atoms with Crippen LogP contribution in [0.15, 0.2) is 60.7 Å². The summed E-state index contributed by atoms with van der Waals surface area (Å²) < 4.78 is 0. The topological polar surface area (TPSA) is 12.0 Å². The first-order chi connectivity index (χ1) is 8.95. The fraction of sp³-hybridized carbons (Fsp3) is 0.294. The highest BCUT2D eigenvalue weighted by atomic mass is 14.9. The van der Waals surface area contributed by atoms with Crippen LogP contribution in [0.5, 0.6) is 0 Å². The van der Waals surface area contributed by atoms with E-state index in [1.165, 1.54) is 17.5 Å². The number of benzene rings is 2. The summed E-state index contributed by atoms with van der Waals surface area (Å²) in [7, 11) is 0. The minimum Gasteiger partial charge on any atom is -0.316 e. The van der Waals surface area contributed by atoms with E-state index in [2.05, 4.69) is 66.0 Å². The van der Waals surface area contributed by atoms with Gasteiger partial charge in [-0.05, 0) is 30.0 Å². The molecule has 0 unspecified atom stereocenters. The molecule has 1 nitrogen and oxygen atoms in total. The molecule has 18 heavy (non-hydrogen) atoms. The lowest BCUT2D eigenvalue weighted by Crippen LogP contribution is -2.33. The van der Waals surface area contributed by atoms with Gasteiger partial charge in [0.05, 0.1) is 0 Å². The molecular weight excluding hydrogens is 218 g/mol. The van der Waals surface area contributed by atoms with Gasteiger partial charge in [-0.1, -0.05) is 60.7 Å². The van der Waals surface area contributed by atoms with Gasteiger partial charge < -0.3 is 5.32 Å². The monoisotopic (exact) mass is 237 g/mol. The van der Waals surface area contributed by atoms with Gasteiger partial charge in [-0.15, -0.1) is 0 Å². The summed E-state index contributed by atoms with van der Waals surface area (Å²) in [5.41, 5.74) is 2.94. The van der Waals surface area contributed by atoms with Crippen molar-refractivity contribution in [2.75, 3.05) is 13.1 Å². The average Bonchev–Trinajstić information content (AvgIpc) is 2.49. The molecule has 1 aliphatic heterocycles. The van der Waals surface area contributed by atoms with Crippen LogP contribution in [0.1, 0.15) is 29.4 Å². The number of nitrogens with one attached hydrogen (secondary N) is 1. The van der Waals surface area contributed by atoms with E-state index in [9.17, 15) is 0 Å². The Morgan fingerprint density at radius 3 is 1.89 bits per heavy atom. The highest BCUT2D eigenvalue weighted by Crippen LogP contribution is 2.36. The summed E-state index contributed by atoms with van der Waals surface area (Å²) in [5.74, 6) is 1.25. The minimum atomic E-state index is 0.599. The Hall–Kier alpha value is -1.60. The van der Waals surface area contributed by atoms with Crippen molar-refractivity contribution in [1.82, 2.24) is 5.32 Å². The van der Waals surface area contributed by atoms with E-state index in [0.29, 0.717) is 11.8 Å². The summed E-state index contributed by atoms with van der Waals surface area (Å²) in [4.78, 5) is 0. The van der Waals surface area contributed by atoms with E-state index in [0.717, 1.165) is 13.1 Å². The van der Waals surface area contributed by atoms with E-state index < -0.39 is 0 Å². The lowest BCUT2D eigenvalue weighted by molar-refractivity contribution is 0.404. The molecule has 1 heterocycles. The molecule has 0 saturated carbocycles. The Bertz CT molecular complexity index is 430. The molecule has 92 valence electrons. The van der Waals surface area contributed by atoms with Crippen molar-refractivity contribution in [2.24, 2.45) is 0 Å². The van der Waals surface area contributed by atoms with Gasteiger partial charge in [0.15, 0.2) is 0 Å². The van der Waals surface area contributed by atoms with E-state index in [4.69, 9.17) is 0 Å². The van der Waals surface area contributed by atoms with Crippen LogP contribution in [-0.4, -0.2) is 13.1 Å². The third-order valence-electron chi connectivity index (χ3n) is 3.94. The molecule has 0 spiro atoms. The Kier molecular flexibility index (Phi) is 3.42. The van der Waals surface area contributed by atoms with Crippen LogP contribution in [0.3, 0.4) is 0 Å². The normalized spacial score (nSPS) is 23.8. The molecule has 0 radical (unpaired) electrons. The van der Waals surface area contributed by atoms with Crippen molar-refractivity contribution >= 4 is 0 Å². The van der Waals surface area contributed by atoms with Gasteiger partial charge in [-0.25, -0.2) is 0 Å². The Labute approximate surface area is 109 Å². The van der Waals surface area contributed by atoms with Gasteiger partial charge in [-0.2, -0.15) is 0 Å². The minimum absolute atomic E-state index is 0.599. The molecule has 3 rings (SSSR count). The van der Waals surface area contributed by atoms with Gasteiger partial charge in [0.25, 0.3) is 0 Å². The van der Waals surface area contributed by atoms with Crippen molar-refractivity contribution < 1.29 is 0 Å². The average molecular weight is 237 g/mol. The maximum atomic E-state index is 3.53. The highest BCUT2D eigenvalue weighted by molar-refractivity contribution is 5.29. The molecule has 2 aromatic carbocycles. The molecule has 2 atom stereocenters. The summed E-state index contributed by atoms with van der Waals surface area (Å²) in [5, 5.41) is 3.53. The first kappa shape index (κ1) is 11.5. The molecular formula is C17H19N. The fourth-order valence-electron chi connectivity index (χ4n) is 3.01. The second-order valence-corrected chi connectivity index (χ2v) is 5.03. The fourth-order valence-corrected chi connectivity index (χ4v) is 3.01. The molecule has 0 aromatic heterocycles. The molecule has 0 aliphatic carbocycles. The Balaban J connectivity index is 1.92. The van der Waals surface area contributed by atoms with Crippen molar-refractivity contribution in [3.63, 3.8) is 0 Å².